The van der Waals surface area contributed by atoms with Crippen LogP contribution in [0.5, 0.6) is 0 Å². The maximum absolute atomic E-state index is 14.3. The third-order valence-electron chi connectivity index (χ3n) is 10.8. The molecule has 2 atom stereocenters. The van der Waals surface area contributed by atoms with Crippen molar-refractivity contribution in [2.45, 2.75) is 141 Å². The van der Waals surface area contributed by atoms with Gasteiger partial charge in [0.2, 0.25) is 11.8 Å². The van der Waals surface area contributed by atoms with Gasteiger partial charge in [0.1, 0.15) is 0 Å². The fraction of sp³-hybridized carbons (Fsp3) is 0.522. The van der Waals surface area contributed by atoms with E-state index in [0.29, 0.717) is 0 Å². The summed E-state index contributed by atoms with van der Waals surface area (Å²) >= 11 is 12.4. The van der Waals surface area contributed by atoms with Crippen LogP contribution < -0.4 is 9.80 Å². The summed E-state index contributed by atoms with van der Waals surface area (Å²) in [7, 11) is 0. The molecule has 0 spiro atoms. The molecule has 308 valence electrons. The maximum atomic E-state index is 14.3. The van der Waals surface area contributed by atoms with Crippen molar-refractivity contribution in [1.29, 1.82) is 0 Å². The fourth-order valence-electron chi connectivity index (χ4n) is 6.51. The molecule has 2 aromatic rings. The van der Waals surface area contributed by atoms with E-state index in [9.17, 15) is 27.2 Å². The van der Waals surface area contributed by atoms with Crippen LogP contribution in [0.3, 0.4) is 0 Å². The molecule has 6 rings (SSSR count). The topological polar surface area (TPSA) is 40.6 Å². The standard InChI is InChI=1S/2C18H23ClF2NO.2C5H5.Ti/c2*1-12(19)18(2,3)17(23)22(14-7-5-4-6-8-14)16-10-9-13(20)11-15(16)21;2*1-2-4-5-3-1;/h2*9-10,12,14H,4-8H2,1-3H3;2*1-3H,4H2;/q4*-1;+4. The number of rotatable bonds is 8. The van der Waals surface area contributed by atoms with Crippen LogP contribution in [-0.4, -0.2) is 34.7 Å². The number of benzene rings is 2. The molecular formula is C46H56Cl2F4N2O2Ti. The third kappa shape index (κ3) is 14.8. The first-order chi connectivity index (χ1) is 26.5. The first-order valence-electron chi connectivity index (χ1n) is 19.6. The van der Waals surface area contributed by atoms with E-state index in [1.54, 1.807) is 41.5 Å². The first kappa shape index (κ1) is 50.5. The van der Waals surface area contributed by atoms with E-state index in [4.69, 9.17) is 23.2 Å². The van der Waals surface area contributed by atoms with Crippen molar-refractivity contribution in [3.63, 3.8) is 0 Å². The van der Waals surface area contributed by atoms with Crippen LogP contribution in [0, 0.1) is 58.4 Å². The van der Waals surface area contributed by atoms with Crippen molar-refractivity contribution < 1.29 is 48.9 Å². The normalized spacial score (nSPS) is 17.5. The Morgan fingerprint density at radius 2 is 0.965 bits per heavy atom. The number of carbonyl (C=O) groups excluding carboxylic acids is 2. The van der Waals surface area contributed by atoms with Gasteiger partial charge in [-0.3, -0.25) is 21.7 Å². The van der Waals surface area contributed by atoms with Gasteiger partial charge >= 0.3 is 21.7 Å². The molecule has 4 aliphatic rings. The molecule has 4 aliphatic carbocycles. The van der Waals surface area contributed by atoms with Crippen molar-refractivity contribution in [3.05, 3.63) is 108 Å². The number of alkyl halides is 2. The van der Waals surface area contributed by atoms with Crippen LogP contribution in [0.1, 0.15) is 119 Å². The third-order valence-corrected chi connectivity index (χ3v) is 11.9. The van der Waals surface area contributed by atoms with Crippen LogP contribution in [-0.2, 0) is 31.3 Å². The van der Waals surface area contributed by atoms with Gasteiger partial charge in [0.05, 0.1) is 10.8 Å². The molecule has 0 bridgehead atoms. The molecule has 4 nitrogen and oxygen atoms in total. The first-order valence-corrected chi connectivity index (χ1v) is 20.5. The van der Waals surface area contributed by atoms with Crippen LogP contribution in [0.15, 0.2) is 60.7 Å². The number of nitrogens with zero attached hydrogens (tertiary/aromatic N) is 2. The summed E-state index contributed by atoms with van der Waals surface area (Å²) in [5, 5.41) is -0.817. The monoisotopic (exact) mass is 862 g/mol. The van der Waals surface area contributed by atoms with Crippen molar-refractivity contribution in [2.75, 3.05) is 9.80 Å². The zero-order valence-electron chi connectivity index (χ0n) is 34.0. The maximum Gasteiger partial charge on any atom is 4.00 e. The predicted molar refractivity (Wildman–Crippen MR) is 220 cm³/mol. The average Bonchev–Trinajstić information content (AvgIpc) is 3.95. The van der Waals surface area contributed by atoms with E-state index in [1.807, 2.05) is 36.4 Å². The molecule has 0 radical (unpaired) electrons. The number of hydrogen-bond donors (Lipinski definition) is 0. The molecule has 0 saturated heterocycles. The molecule has 0 N–H and O–H groups in total. The quantitative estimate of drug-likeness (QED) is 0.115. The molecular weight excluding hydrogens is 807 g/mol. The summed E-state index contributed by atoms with van der Waals surface area (Å²) < 4.78 is 55.0. The molecule has 2 saturated carbocycles. The molecule has 11 heteroatoms. The van der Waals surface area contributed by atoms with Gasteiger partial charge in [0, 0.05) is 46.1 Å². The Morgan fingerprint density at radius 3 is 1.19 bits per heavy atom. The number of hydrogen-bond acceptors (Lipinski definition) is 2. The van der Waals surface area contributed by atoms with E-state index in [1.165, 1.54) is 21.9 Å². The number of allylic oxidation sites excluding steroid dienone is 8. The molecule has 2 amide bonds. The summed E-state index contributed by atoms with van der Waals surface area (Å²) in [5.74, 6) is -3.67. The summed E-state index contributed by atoms with van der Waals surface area (Å²) in [6, 6.07) is 8.82. The van der Waals surface area contributed by atoms with Crippen LogP contribution >= 0.6 is 23.2 Å². The zero-order chi connectivity index (χ0) is 41.5. The minimum Gasteiger partial charge on any atom is -0.360 e. The van der Waals surface area contributed by atoms with Gasteiger partial charge in [0.25, 0.3) is 0 Å². The molecule has 0 aromatic heterocycles. The summed E-state index contributed by atoms with van der Waals surface area (Å²) in [4.78, 5) is 29.2. The molecule has 0 heterocycles. The van der Waals surface area contributed by atoms with E-state index < -0.39 is 44.9 Å². The van der Waals surface area contributed by atoms with E-state index in [0.717, 1.165) is 89.2 Å². The minimum absolute atomic E-state index is 0. The fourth-order valence-corrected chi connectivity index (χ4v) is 6.69. The van der Waals surface area contributed by atoms with Gasteiger partial charge in [0.15, 0.2) is 0 Å². The second kappa shape index (κ2) is 24.4. The van der Waals surface area contributed by atoms with Crippen LogP contribution in [0.4, 0.5) is 28.9 Å². The van der Waals surface area contributed by atoms with Crippen molar-refractivity contribution in [2.24, 2.45) is 10.8 Å². The van der Waals surface area contributed by atoms with E-state index in [-0.39, 0.29) is 57.0 Å². The van der Waals surface area contributed by atoms with Crippen LogP contribution in [0.25, 0.3) is 0 Å². The Balaban J connectivity index is 0.000000310. The number of halogens is 6. The molecule has 2 unspecified atom stereocenters. The van der Waals surface area contributed by atoms with Gasteiger partial charge < -0.3 is 9.80 Å². The van der Waals surface area contributed by atoms with Crippen molar-refractivity contribution in [1.82, 2.24) is 0 Å². The van der Waals surface area contributed by atoms with Gasteiger partial charge in [-0.15, -0.1) is 72.4 Å². The van der Waals surface area contributed by atoms with Crippen molar-refractivity contribution in [3.8, 4) is 0 Å². The smallest absolute Gasteiger partial charge is 0.360 e. The Hall–Kier alpha value is -2.65. The average molecular weight is 864 g/mol. The van der Waals surface area contributed by atoms with E-state index in [2.05, 4.69) is 24.3 Å². The largest absolute Gasteiger partial charge is 4.00 e. The van der Waals surface area contributed by atoms with E-state index >= 15 is 0 Å². The Kier molecular flexibility index (Phi) is 21.7. The second-order valence-electron chi connectivity index (χ2n) is 15.6. The SMILES string of the molecule is CC(Cl)C(C)(C)C(=O)N(c1ccc(F)[c-]c1F)C1CCCCC1.CC(Cl)C(C)(C)C(=O)N(c1ccc(F)[c-]c1F)C1CCCCC1.[C-]1=CC=CC1.[C-]1=CC=CC1.[Ti+4]. The predicted octanol–water partition coefficient (Wildman–Crippen LogP) is 12.8. The molecule has 2 aromatic carbocycles. The van der Waals surface area contributed by atoms with Gasteiger partial charge in [-0.1, -0.05) is 38.5 Å². The van der Waals surface area contributed by atoms with Gasteiger partial charge in [-0.05, 0) is 78.6 Å². The zero-order valence-corrected chi connectivity index (χ0v) is 37.1. The Labute approximate surface area is 363 Å². The van der Waals surface area contributed by atoms with Gasteiger partial charge in [-0.25, -0.2) is 41.9 Å². The number of anilines is 2. The van der Waals surface area contributed by atoms with Crippen LogP contribution in [0.2, 0.25) is 0 Å². The molecule has 0 aliphatic heterocycles. The number of carbonyl (C=O) groups is 2. The minimum atomic E-state index is -0.847. The summed E-state index contributed by atoms with van der Waals surface area (Å²) in [6.07, 6.45) is 29.5. The Morgan fingerprint density at radius 1 is 0.632 bits per heavy atom. The van der Waals surface area contributed by atoms with Crippen molar-refractivity contribution >= 4 is 46.4 Å². The summed E-state index contributed by atoms with van der Waals surface area (Å²) in [5.41, 5.74) is -1.51. The molecule has 57 heavy (non-hydrogen) atoms. The van der Waals surface area contributed by atoms with Gasteiger partial charge in [-0.2, -0.15) is 12.2 Å². The number of amides is 2. The molecule has 2 fully saturated rings. The Bertz CT molecular complexity index is 1550. The second-order valence-corrected chi connectivity index (χ2v) is 16.9. The summed E-state index contributed by atoms with van der Waals surface area (Å²) in [6.45, 7) is 10.5.